The first-order chi connectivity index (χ1) is 15.1. The Bertz CT molecular complexity index is 721. The SMILES string of the molecule is CN=C(NCCC(=O)N1CCCC(C)C1)NCC(c1ccc(F)cc1)N1CCOCC1. The van der Waals surface area contributed by atoms with Crippen LogP contribution >= 0.6 is 0 Å². The van der Waals surface area contributed by atoms with E-state index >= 15 is 0 Å². The highest BCUT2D eigenvalue weighted by molar-refractivity contribution is 5.81. The topological polar surface area (TPSA) is 69.2 Å². The summed E-state index contributed by atoms with van der Waals surface area (Å²) in [5.41, 5.74) is 1.06. The lowest BCUT2D eigenvalue weighted by atomic mass is 10.00. The number of benzene rings is 1. The lowest BCUT2D eigenvalue weighted by Gasteiger charge is -2.35. The van der Waals surface area contributed by atoms with E-state index in [1.54, 1.807) is 7.05 Å². The van der Waals surface area contributed by atoms with Crippen molar-refractivity contribution >= 4 is 11.9 Å². The van der Waals surface area contributed by atoms with Crippen LogP contribution in [0.2, 0.25) is 0 Å². The van der Waals surface area contributed by atoms with Gasteiger partial charge >= 0.3 is 0 Å². The average molecular weight is 434 g/mol. The predicted molar refractivity (Wildman–Crippen MR) is 120 cm³/mol. The molecule has 2 fully saturated rings. The first-order valence-electron chi connectivity index (χ1n) is 11.4. The number of likely N-dealkylation sites (tertiary alicyclic amines) is 1. The second-order valence-corrected chi connectivity index (χ2v) is 8.43. The minimum atomic E-state index is -0.234. The van der Waals surface area contributed by atoms with Gasteiger partial charge in [-0.25, -0.2) is 4.39 Å². The van der Waals surface area contributed by atoms with Crippen molar-refractivity contribution in [3.63, 3.8) is 0 Å². The lowest BCUT2D eigenvalue weighted by molar-refractivity contribution is -0.132. The summed E-state index contributed by atoms with van der Waals surface area (Å²) in [6.45, 7) is 8.17. The van der Waals surface area contributed by atoms with Gasteiger partial charge in [0.05, 0.1) is 19.3 Å². The monoisotopic (exact) mass is 433 g/mol. The molecule has 2 saturated heterocycles. The Morgan fingerprint density at radius 3 is 2.65 bits per heavy atom. The molecule has 3 rings (SSSR count). The van der Waals surface area contributed by atoms with Gasteiger partial charge in [-0.2, -0.15) is 0 Å². The molecule has 1 aromatic carbocycles. The van der Waals surface area contributed by atoms with Gasteiger partial charge in [-0.1, -0.05) is 19.1 Å². The zero-order valence-corrected chi connectivity index (χ0v) is 18.8. The molecule has 2 aliphatic rings. The van der Waals surface area contributed by atoms with E-state index < -0.39 is 0 Å². The standard InChI is InChI=1S/C23H36FN5O2/c1-18-4-3-11-29(17-18)22(30)9-10-26-23(25-2)27-16-21(28-12-14-31-15-13-28)19-5-7-20(24)8-6-19/h5-8,18,21H,3-4,9-17H2,1-2H3,(H2,25,26,27). The maximum Gasteiger partial charge on any atom is 0.224 e. The number of aliphatic imine (C=N–C) groups is 1. The van der Waals surface area contributed by atoms with Crippen LogP contribution in [0.4, 0.5) is 4.39 Å². The highest BCUT2D eigenvalue weighted by Crippen LogP contribution is 2.21. The van der Waals surface area contributed by atoms with Crippen LogP contribution in [0.3, 0.4) is 0 Å². The van der Waals surface area contributed by atoms with Crippen molar-refractivity contribution in [3.05, 3.63) is 35.6 Å². The predicted octanol–water partition coefficient (Wildman–Crippen LogP) is 2.01. The number of halogens is 1. The molecular formula is C23H36FN5O2. The number of ether oxygens (including phenoxy) is 1. The van der Waals surface area contributed by atoms with Gasteiger partial charge in [0.1, 0.15) is 5.82 Å². The first kappa shape index (κ1) is 23.5. The van der Waals surface area contributed by atoms with Crippen molar-refractivity contribution < 1.29 is 13.9 Å². The Labute approximate surface area is 185 Å². The van der Waals surface area contributed by atoms with Crippen molar-refractivity contribution in [2.24, 2.45) is 10.9 Å². The second kappa shape index (κ2) is 12.0. The third-order valence-corrected chi connectivity index (χ3v) is 6.07. The Balaban J connectivity index is 1.50. The number of hydrogen-bond donors (Lipinski definition) is 2. The molecule has 1 aromatic rings. The summed E-state index contributed by atoms with van der Waals surface area (Å²) >= 11 is 0. The molecule has 2 heterocycles. The van der Waals surface area contributed by atoms with E-state index in [1.165, 1.54) is 18.6 Å². The van der Waals surface area contributed by atoms with E-state index in [0.717, 1.165) is 38.2 Å². The van der Waals surface area contributed by atoms with Gasteiger partial charge in [-0.15, -0.1) is 0 Å². The van der Waals surface area contributed by atoms with Gasteiger partial charge in [0.2, 0.25) is 5.91 Å². The van der Waals surface area contributed by atoms with Crippen LogP contribution in [-0.2, 0) is 9.53 Å². The number of nitrogens with zero attached hydrogens (tertiary/aromatic N) is 3. The molecule has 0 bridgehead atoms. The highest BCUT2D eigenvalue weighted by atomic mass is 19.1. The van der Waals surface area contributed by atoms with Crippen LogP contribution in [0.1, 0.15) is 37.8 Å². The molecule has 8 heteroatoms. The molecule has 2 N–H and O–H groups in total. The van der Waals surface area contributed by atoms with E-state index in [1.807, 2.05) is 17.0 Å². The Morgan fingerprint density at radius 2 is 1.97 bits per heavy atom. The summed E-state index contributed by atoms with van der Waals surface area (Å²) in [6, 6.07) is 6.77. The van der Waals surface area contributed by atoms with Crippen LogP contribution in [-0.4, -0.2) is 81.2 Å². The van der Waals surface area contributed by atoms with Gasteiger partial charge in [-0.3, -0.25) is 14.7 Å². The number of piperidine rings is 1. The molecule has 2 unspecified atom stereocenters. The van der Waals surface area contributed by atoms with Crippen LogP contribution in [0.5, 0.6) is 0 Å². The summed E-state index contributed by atoms with van der Waals surface area (Å²) in [7, 11) is 1.73. The van der Waals surface area contributed by atoms with E-state index in [-0.39, 0.29) is 17.8 Å². The fourth-order valence-electron chi connectivity index (χ4n) is 4.31. The van der Waals surface area contributed by atoms with Crippen molar-refractivity contribution in [1.82, 2.24) is 20.4 Å². The van der Waals surface area contributed by atoms with E-state index in [9.17, 15) is 9.18 Å². The molecule has 0 saturated carbocycles. The Hall–Kier alpha value is -2.19. The number of nitrogens with one attached hydrogen (secondary N) is 2. The van der Waals surface area contributed by atoms with Gasteiger partial charge in [0, 0.05) is 52.7 Å². The number of guanidine groups is 1. The summed E-state index contributed by atoms with van der Waals surface area (Å²) in [5.74, 6) is 1.22. The Kier molecular flexibility index (Phi) is 9.09. The van der Waals surface area contributed by atoms with Crippen molar-refractivity contribution in [2.75, 3.05) is 59.5 Å². The molecule has 0 aliphatic carbocycles. The molecule has 172 valence electrons. The molecule has 31 heavy (non-hydrogen) atoms. The third kappa shape index (κ3) is 7.18. The number of amides is 1. The number of carbonyl (C=O) groups is 1. The maximum absolute atomic E-state index is 13.4. The smallest absolute Gasteiger partial charge is 0.224 e. The minimum Gasteiger partial charge on any atom is -0.379 e. The normalized spacial score (nSPS) is 21.6. The third-order valence-electron chi connectivity index (χ3n) is 6.07. The molecule has 7 nitrogen and oxygen atoms in total. The zero-order valence-electron chi connectivity index (χ0n) is 18.8. The molecule has 0 aromatic heterocycles. The zero-order chi connectivity index (χ0) is 22.1. The molecule has 1 amide bonds. The van der Waals surface area contributed by atoms with Crippen molar-refractivity contribution in [3.8, 4) is 0 Å². The van der Waals surface area contributed by atoms with Crippen molar-refractivity contribution in [1.29, 1.82) is 0 Å². The molecule has 0 spiro atoms. The molecule has 2 atom stereocenters. The number of morpholine rings is 1. The quantitative estimate of drug-likeness (QED) is 0.509. The van der Waals surface area contributed by atoms with Gasteiger partial charge in [0.15, 0.2) is 5.96 Å². The van der Waals surface area contributed by atoms with Gasteiger partial charge in [-0.05, 0) is 36.5 Å². The second-order valence-electron chi connectivity index (χ2n) is 8.43. The fourth-order valence-corrected chi connectivity index (χ4v) is 4.31. The average Bonchev–Trinajstić information content (AvgIpc) is 2.79. The molecule has 0 radical (unpaired) electrons. The van der Waals surface area contributed by atoms with Crippen molar-refractivity contribution in [2.45, 2.75) is 32.2 Å². The summed E-state index contributed by atoms with van der Waals surface area (Å²) in [6.07, 6.45) is 2.76. The summed E-state index contributed by atoms with van der Waals surface area (Å²) in [4.78, 5) is 21.1. The van der Waals surface area contributed by atoms with Crippen LogP contribution in [0, 0.1) is 11.7 Å². The summed E-state index contributed by atoms with van der Waals surface area (Å²) in [5, 5.41) is 6.64. The van der Waals surface area contributed by atoms with Crippen LogP contribution < -0.4 is 10.6 Å². The van der Waals surface area contributed by atoms with Crippen LogP contribution in [0.25, 0.3) is 0 Å². The first-order valence-corrected chi connectivity index (χ1v) is 11.4. The number of hydrogen-bond acceptors (Lipinski definition) is 4. The Morgan fingerprint density at radius 1 is 1.23 bits per heavy atom. The molecular weight excluding hydrogens is 397 g/mol. The highest BCUT2D eigenvalue weighted by Gasteiger charge is 2.23. The fraction of sp³-hybridized carbons (Fsp3) is 0.652. The maximum atomic E-state index is 13.4. The van der Waals surface area contributed by atoms with E-state index in [4.69, 9.17) is 4.74 Å². The van der Waals surface area contributed by atoms with E-state index in [0.29, 0.717) is 44.6 Å². The minimum absolute atomic E-state index is 0.0829. The number of carbonyl (C=O) groups excluding carboxylic acids is 1. The van der Waals surface area contributed by atoms with Crippen LogP contribution in [0.15, 0.2) is 29.3 Å². The van der Waals surface area contributed by atoms with E-state index in [2.05, 4.69) is 27.4 Å². The van der Waals surface area contributed by atoms with Gasteiger partial charge < -0.3 is 20.3 Å². The summed E-state index contributed by atoms with van der Waals surface area (Å²) < 4.78 is 18.9. The van der Waals surface area contributed by atoms with Gasteiger partial charge in [0.25, 0.3) is 0 Å². The largest absolute Gasteiger partial charge is 0.379 e. The number of rotatable bonds is 7. The lowest BCUT2D eigenvalue weighted by Crippen LogP contribution is -2.47. The molecule has 2 aliphatic heterocycles.